The van der Waals surface area contributed by atoms with Gasteiger partial charge in [0.2, 0.25) is 0 Å². The molecule has 0 fully saturated rings. The third-order valence-electron chi connectivity index (χ3n) is 9.33. The minimum Gasteiger partial charge on any atom is -0.309 e. The molecule has 0 aliphatic rings. The summed E-state index contributed by atoms with van der Waals surface area (Å²) in [4.78, 5) is 1.29. The van der Waals surface area contributed by atoms with E-state index >= 15 is 0 Å². The summed E-state index contributed by atoms with van der Waals surface area (Å²) in [5, 5.41) is 8.94. The lowest BCUT2D eigenvalue weighted by molar-refractivity contribution is 1.19. The molecule has 10 rings (SSSR count). The summed E-state index contributed by atoms with van der Waals surface area (Å²) in [6.07, 6.45) is 0. The van der Waals surface area contributed by atoms with Crippen LogP contribution in [0.2, 0.25) is 0 Å². The largest absolute Gasteiger partial charge is 0.309 e. The SMILES string of the molecule is c1ccc2c(-n3c4ccccc4c4ccccc43)ccc(-c3cc4ccc(-n5c6ccccc6c6ccccc65)cc4s3)c2c1. The molecule has 0 unspecified atom stereocenters. The van der Waals surface area contributed by atoms with Crippen LogP contribution in [-0.4, -0.2) is 9.13 Å². The first-order valence-electron chi connectivity index (χ1n) is 15.4. The Morgan fingerprint density at radius 1 is 0.378 bits per heavy atom. The molecule has 0 aliphatic heterocycles. The van der Waals surface area contributed by atoms with Gasteiger partial charge in [0.05, 0.1) is 27.8 Å². The molecule has 3 heteroatoms. The first kappa shape index (κ1) is 24.8. The van der Waals surface area contributed by atoms with Crippen molar-refractivity contribution in [3.63, 3.8) is 0 Å². The summed E-state index contributed by atoms with van der Waals surface area (Å²) in [5.74, 6) is 0. The first-order chi connectivity index (χ1) is 22.3. The van der Waals surface area contributed by atoms with E-state index < -0.39 is 0 Å². The van der Waals surface area contributed by atoms with Gasteiger partial charge in [-0.2, -0.15) is 0 Å². The standard InChI is InChI=1S/C42H26N2S/c1-2-12-30-29(11-1)35(23-24-40(30)44-38-19-9-5-15-33(38)34-16-6-10-20-39(34)44)42-25-27-21-22-28(26-41(27)45-42)43-36-17-7-3-13-31(36)32-14-4-8-18-37(32)43/h1-26H. The van der Waals surface area contributed by atoms with Crippen LogP contribution in [0.25, 0.3) is 86.3 Å². The van der Waals surface area contributed by atoms with Gasteiger partial charge in [-0.15, -0.1) is 11.3 Å². The van der Waals surface area contributed by atoms with Crippen molar-refractivity contribution in [1.29, 1.82) is 0 Å². The molecular formula is C42H26N2S. The van der Waals surface area contributed by atoms with Gasteiger partial charge in [0.25, 0.3) is 0 Å². The molecule has 7 aromatic carbocycles. The predicted molar refractivity (Wildman–Crippen MR) is 193 cm³/mol. The van der Waals surface area contributed by atoms with Gasteiger partial charge >= 0.3 is 0 Å². The molecule has 0 radical (unpaired) electrons. The van der Waals surface area contributed by atoms with E-state index in [0.717, 1.165) is 0 Å². The topological polar surface area (TPSA) is 9.86 Å². The zero-order valence-corrected chi connectivity index (χ0v) is 25.1. The molecule has 0 bridgehead atoms. The molecule has 0 atom stereocenters. The van der Waals surface area contributed by atoms with Gasteiger partial charge in [-0.05, 0) is 64.9 Å². The number of rotatable bonds is 3. The highest BCUT2D eigenvalue weighted by atomic mass is 32.1. The molecule has 210 valence electrons. The fourth-order valence-corrected chi connectivity index (χ4v) is 8.50. The second-order valence-corrected chi connectivity index (χ2v) is 12.8. The van der Waals surface area contributed by atoms with Crippen LogP contribution < -0.4 is 0 Å². The Morgan fingerprint density at radius 3 is 1.44 bits per heavy atom. The Balaban J connectivity index is 1.16. The van der Waals surface area contributed by atoms with Crippen LogP contribution in [-0.2, 0) is 0 Å². The van der Waals surface area contributed by atoms with Crippen molar-refractivity contribution in [1.82, 2.24) is 9.13 Å². The average Bonchev–Trinajstić information content (AvgIpc) is 3.78. The number of aromatic nitrogens is 2. The lowest BCUT2D eigenvalue weighted by atomic mass is 10.0. The van der Waals surface area contributed by atoms with Crippen LogP contribution in [0, 0.1) is 0 Å². The smallest absolute Gasteiger partial charge is 0.0541 e. The van der Waals surface area contributed by atoms with Crippen LogP contribution in [0.3, 0.4) is 0 Å². The van der Waals surface area contributed by atoms with Gasteiger partial charge in [-0.1, -0.05) is 109 Å². The van der Waals surface area contributed by atoms with Crippen molar-refractivity contribution in [2.24, 2.45) is 0 Å². The van der Waals surface area contributed by atoms with Crippen molar-refractivity contribution >= 4 is 75.8 Å². The summed E-state index contributed by atoms with van der Waals surface area (Å²) >= 11 is 1.88. The summed E-state index contributed by atoms with van der Waals surface area (Å²) in [6.45, 7) is 0. The predicted octanol–water partition coefficient (Wildman–Crippen LogP) is 11.9. The van der Waals surface area contributed by atoms with E-state index in [1.54, 1.807) is 0 Å². The van der Waals surface area contributed by atoms with Gasteiger partial charge in [0.1, 0.15) is 0 Å². The van der Waals surface area contributed by atoms with Crippen LogP contribution in [0.4, 0.5) is 0 Å². The van der Waals surface area contributed by atoms with Gasteiger partial charge in [-0.25, -0.2) is 0 Å². The molecule has 0 spiro atoms. The van der Waals surface area contributed by atoms with E-state index in [2.05, 4.69) is 167 Å². The minimum absolute atomic E-state index is 1.19. The molecule has 3 heterocycles. The maximum Gasteiger partial charge on any atom is 0.0541 e. The summed E-state index contributed by atoms with van der Waals surface area (Å²) < 4.78 is 6.12. The molecule has 0 N–H and O–H groups in total. The number of fused-ring (bicyclic) bond motifs is 8. The molecule has 3 aromatic heterocycles. The Hall–Kier alpha value is -5.64. The van der Waals surface area contributed by atoms with Crippen molar-refractivity contribution in [3.05, 3.63) is 158 Å². The first-order valence-corrected chi connectivity index (χ1v) is 16.2. The van der Waals surface area contributed by atoms with E-state index in [1.807, 2.05) is 11.3 Å². The number of para-hydroxylation sites is 4. The van der Waals surface area contributed by atoms with Crippen molar-refractivity contribution in [2.45, 2.75) is 0 Å². The molecule has 2 nitrogen and oxygen atoms in total. The number of thiophene rings is 1. The van der Waals surface area contributed by atoms with E-state index in [0.29, 0.717) is 0 Å². The van der Waals surface area contributed by atoms with Gasteiger partial charge in [0, 0.05) is 42.2 Å². The maximum atomic E-state index is 2.43. The Morgan fingerprint density at radius 2 is 0.867 bits per heavy atom. The van der Waals surface area contributed by atoms with Crippen LogP contribution in [0.5, 0.6) is 0 Å². The third kappa shape index (κ3) is 3.56. The highest BCUT2D eigenvalue weighted by molar-refractivity contribution is 7.22. The van der Waals surface area contributed by atoms with Gasteiger partial charge < -0.3 is 9.13 Å². The molecular weight excluding hydrogens is 565 g/mol. The fourth-order valence-electron chi connectivity index (χ4n) is 7.37. The second-order valence-electron chi connectivity index (χ2n) is 11.8. The zero-order valence-electron chi connectivity index (χ0n) is 24.3. The molecule has 0 saturated carbocycles. The highest BCUT2D eigenvalue weighted by Crippen LogP contribution is 2.42. The van der Waals surface area contributed by atoms with Crippen LogP contribution >= 0.6 is 11.3 Å². The normalized spacial score (nSPS) is 12.0. The van der Waals surface area contributed by atoms with Crippen molar-refractivity contribution < 1.29 is 0 Å². The second kappa shape index (κ2) is 9.43. The molecule has 10 aromatic rings. The summed E-state index contributed by atoms with van der Waals surface area (Å²) in [6, 6.07) is 57.7. The summed E-state index contributed by atoms with van der Waals surface area (Å²) in [7, 11) is 0. The van der Waals surface area contributed by atoms with E-state index in [9.17, 15) is 0 Å². The minimum atomic E-state index is 1.19. The van der Waals surface area contributed by atoms with Crippen molar-refractivity contribution in [2.75, 3.05) is 0 Å². The Labute approximate surface area is 263 Å². The monoisotopic (exact) mass is 590 g/mol. The number of nitrogens with zero attached hydrogens (tertiary/aromatic N) is 2. The van der Waals surface area contributed by atoms with E-state index in [4.69, 9.17) is 0 Å². The third-order valence-corrected chi connectivity index (χ3v) is 10.5. The van der Waals surface area contributed by atoms with Crippen molar-refractivity contribution in [3.8, 4) is 21.8 Å². The molecule has 0 aliphatic carbocycles. The molecule has 0 amide bonds. The average molecular weight is 591 g/mol. The Bertz CT molecular complexity index is 2670. The van der Waals surface area contributed by atoms with Gasteiger partial charge in [-0.3, -0.25) is 0 Å². The molecule has 45 heavy (non-hydrogen) atoms. The van der Waals surface area contributed by atoms with E-state index in [-0.39, 0.29) is 0 Å². The number of hydrogen-bond donors (Lipinski definition) is 0. The lowest BCUT2D eigenvalue weighted by Crippen LogP contribution is -1.96. The fraction of sp³-hybridized carbons (Fsp3) is 0. The summed E-state index contributed by atoms with van der Waals surface area (Å²) in [5.41, 5.74) is 8.62. The maximum absolute atomic E-state index is 2.43. The van der Waals surface area contributed by atoms with Crippen LogP contribution in [0.15, 0.2) is 158 Å². The highest BCUT2D eigenvalue weighted by Gasteiger charge is 2.17. The van der Waals surface area contributed by atoms with E-state index in [1.165, 1.54) is 86.3 Å². The molecule has 0 saturated heterocycles. The Kier molecular flexibility index (Phi) is 5.19. The van der Waals surface area contributed by atoms with Crippen LogP contribution in [0.1, 0.15) is 0 Å². The van der Waals surface area contributed by atoms with Gasteiger partial charge in [0.15, 0.2) is 0 Å². The lowest BCUT2D eigenvalue weighted by Gasteiger charge is -2.14. The number of hydrogen-bond acceptors (Lipinski definition) is 1. The number of benzene rings is 7. The zero-order chi connectivity index (χ0) is 29.5. The quantitative estimate of drug-likeness (QED) is 0.194.